The molecule has 0 spiro atoms. The Morgan fingerprint density at radius 1 is 1.05 bits per heavy atom. The fourth-order valence-electron chi connectivity index (χ4n) is 2.38. The van der Waals surface area contributed by atoms with E-state index in [1.807, 2.05) is 12.2 Å². The van der Waals surface area contributed by atoms with E-state index in [0.29, 0.717) is 6.42 Å². The van der Waals surface area contributed by atoms with Crippen LogP contribution in [-0.2, 0) is 9.59 Å². The van der Waals surface area contributed by atoms with Gasteiger partial charge in [0, 0.05) is 14.1 Å². The van der Waals surface area contributed by atoms with Crippen LogP contribution in [0.2, 0.25) is 0 Å². The summed E-state index contributed by atoms with van der Waals surface area (Å²) >= 11 is 0. The highest BCUT2D eigenvalue weighted by molar-refractivity contribution is 6.18. The number of hydrogen-bond acceptors (Lipinski definition) is 3. The van der Waals surface area contributed by atoms with Gasteiger partial charge in [-0.25, -0.2) is 4.79 Å². The molecule has 0 aromatic rings. The summed E-state index contributed by atoms with van der Waals surface area (Å²) in [4.78, 5) is 38.7. The Bertz CT molecular complexity index is 430. The molecule has 0 N–H and O–H groups in total. The van der Waals surface area contributed by atoms with Gasteiger partial charge in [-0.15, -0.1) is 6.58 Å². The van der Waals surface area contributed by atoms with Crippen molar-refractivity contribution in [2.45, 2.75) is 32.6 Å². The molecule has 0 aromatic carbocycles. The second-order valence-corrected chi connectivity index (χ2v) is 5.05. The summed E-state index contributed by atoms with van der Waals surface area (Å²) in [6, 6.07) is -0.586. The summed E-state index contributed by atoms with van der Waals surface area (Å²) < 4.78 is 0. The van der Waals surface area contributed by atoms with Gasteiger partial charge in [-0.05, 0) is 19.3 Å². The van der Waals surface area contributed by atoms with Crippen LogP contribution in [0.3, 0.4) is 0 Å². The average Bonchev–Trinajstić information content (AvgIpc) is 2.45. The van der Waals surface area contributed by atoms with Crippen LogP contribution in [0.4, 0.5) is 4.79 Å². The maximum Gasteiger partial charge on any atom is 0.332 e. The van der Waals surface area contributed by atoms with Crippen molar-refractivity contribution in [2.75, 3.05) is 14.1 Å². The third-order valence-electron chi connectivity index (χ3n) is 3.58. The molecule has 20 heavy (non-hydrogen) atoms. The lowest BCUT2D eigenvalue weighted by Gasteiger charge is -2.40. The molecule has 1 aliphatic heterocycles. The van der Waals surface area contributed by atoms with Crippen LogP contribution in [0.15, 0.2) is 24.8 Å². The van der Waals surface area contributed by atoms with Gasteiger partial charge in [0.15, 0.2) is 0 Å². The standard InChI is InChI=1S/C15H22N2O3/c1-5-7-8-9-11-15(10-6-2)12(18)16(3)14(20)17(4)13(15)19/h6,8-9H,2,5,7,10-11H2,1,3-4H3/b9-8+. The lowest BCUT2D eigenvalue weighted by molar-refractivity contribution is -0.156. The van der Waals surface area contributed by atoms with Gasteiger partial charge in [0.25, 0.3) is 0 Å². The van der Waals surface area contributed by atoms with E-state index in [-0.39, 0.29) is 6.42 Å². The number of imide groups is 2. The van der Waals surface area contributed by atoms with E-state index >= 15 is 0 Å². The maximum absolute atomic E-state index is 12.4. The second-order valence-electron chi connectivity index (χ2n) is 5.05. The molecule has 0 aliphatic carbocycles. The summed E-state index contributed by atoms with van der Waals surface area (Å²) in [5.41, 5.74) is -1.23. The van der Waals surface area contributed by atoms with Crippen LogP contribution in [0, 0.1) is 5.41 Å². The first-order valence-electron chi connectivity index (χ1n) is 6.78. The van der Waals surface area contributed by atoms with Crippen molar-refractivity contribution in [1.29, 1.82) is 0 Å². The zero-order valence-electron chi connectivity index (χ0n) is 12.4. The van der Waals surface area contributed by atoms with E-state index in [0.717, 1.165) is 22.6 Å². The van der Waals surface area contributed by atoms with Crippen molar-refractivity contribution in [2.24, 2.45) is 5.41 Å². The third kappa shape index (κ3) is 2.66. The molecule has 5 nitrogen and oxygen atoms in total. The minimum Gasteiger partial charge on any atom is -0.273 e. The second kappa shape index (κ2) is 6.50. The highest BCUT2D eigenvalue weighted by Gasteiger charge is 2.53. The van der Waals surface area contributed by atoms with Gasteiger partial charge < -0.3 is 0 Å². The van der Waals surface area contributed by atoms with Crippen LogP contribution < -0.4 is 0 Å². The summed E-state index contributed by atoms with van der Waals surface area (Å²) in [5, 5.41) is 0. The summed E-state index contributed by atoms with van der Waals surface area (Å²) in [6.45, 7) is 5.69. The van der Waals surface area contributed by atoms with Crippen LogP contribution in [-0.4, -0.2) is 41.7 Å². The van der Waals surface area contributed by atoms with Gasteiger partial charge in [-0.1, -0.05) is 31.6 Å². The lowest BCUT2D eigenvalue weighted by Crippen LogP contribution is -2.62. The number of urea groups is 1. The molecular formula is C15H22N2O3. The summed E-state index contributed by atoms with van der Waals surface area (Å²) in [7, 11) is 2.81. The molecule has 0 saturated carbocycles. The van der Waals surface area contributed by atoms with Crippen LogP contribution in [0.25, 0.3) is 0 Å². The van der Waals surface area contributed by atoms with E-state index in [4.69, 9.17) is 0 Å². The third-order valence-corrected chi connectivity index (χ3v) is 3.58. The Morgan fingerprint density at radius 3 is 2.05 bits per heavy atom. The van der Waals surface area contributed by atoms with Gasteiger partial charge in [0.05, 0.1) is 0 Å². The smallest absolute Gasteiger partial charge is 0.273 e. The fourth-order valence-corrected chi connectivity index (χ4v) is 2.38. The van der Waals surface area contributed by atoms with E-state index < -0.39 is 23.3 Å². The molecule has 1 fully saturated rings. The monoisotopic (exact) mass is 278 g/mol. The number of carbonyl (C=O) groups is 3. The van der Waals surface area contributed by atoms with E-state index in [1.54, 1.807) is 6.08 Å². The zero-order valence-corrected chi connectivity index (χ0v) is 12.4. The molecule has 0 radical (unpaired) electrons. The van der Waals surface area contributed by atoms with Crippen molar-refractivity contribution in [3.05, 3.63) is 24.8 Å². The van der Waals surface area contributed by atoms with E-state index in [1.165, 1.54) is 14.1 Å². The van der Waals surface area contributed by atoms with Crippen LogP contribution in [0.5, 0.6) is 0 Å². The first-order chi connectivity index (χ1) is 9.42. The predicted octanol–water partition coefficient (Wildman–Crippen LogP) is 2.35. The van der Waals surface area contributed by atoms with Gasteiger partial charge in [-0.2, -0.15) is 0 Å². The fraction of sp³-hybridized carbons (Fsp3) is 0.533. The van der Waals surface area contributed by atoms with Crippen molar-refractivity contribution < 1.29 is 14.4 Å². The predicted molar refractivity (Wildman–Crippen MR) is 76.8 cm³/mol. The Balaban J connectivity index is 3.13. The van der Waals surface area contributed by atoms with Crippen LogP contribution in [0.1, 0.15) is 32.6 Å². The topological polar surface area (TPSA) is 57.7 Å². The molecular weight excluding hydrogens is 256 g/mol. The Kier molecular flexibility index (Phi) is 5.25. The molecule has 0 bridgehead atoms. The number of hydrogen-bond donors (Lipinski definition) is 0. The van der Waals surface area contributed by atoms with Crippen molar-refractivity contribution in [3.63, 3.8) is 0 Å². The lowest BCUT2D eigenvalue weighted by atomic mass is 9.77. The van der Waals surface area contributed by atoms with Gasteiger partial charge in [-0.3, -0.25) is 19.4 Å². The molecule has 110 valence electrons. The normalized spacial score (nSPS) is 19.1. The van der Waals surface area contributed by atoms with Gasteiger partial charge >= 0.3 is 6.03 Å². The van der Waals surface area contributed by atoms with Crippen molar-refractivity contribution in [3.8, 4) is 0 Å². The molecule has 1 saturated heterocycles. The minimum absolute atomic E-state index is 0.225. The quantitative estimate of drug-likeness (QED) is 0.553. The SMILES string of the molecule is C=CCC1(C/C=C/CCC)C(=O)N(C)C(=O)N(C)C1=O. The Morgan fingerprint density at radius 2 is 1.60 bits per heavy atom. The number of rotatable bonds is 6. The van der Waals surface area contributed by atoms with Gasteiger partial charge in [0.2, 0.25) is 11.8 Å². The maximum atomic E-state index is 12.4. The summed E-state index contributed by atoms with van der Waals surface area (Å²) in [5.74, 6) is -0.904. The average molecular weight is 278 g/mol. The Labute approximate surface area is 119 Å². The van der Waals surface area contributed by atoms with Crippen molar-refractivity contribution in [1.82, 2.24) is 9.80 Å². The molecule has 0 aromatic heterocycles. The largest absolute Gasteiger partial charge is 0.332 e. The molecule has 1 rings (SSSR count). The Hall–Kier alpha value is -1.91. The van der Waals surface area contributed by atoms with Crippen molar-refractivity contribution >= 4 is 17.8 Å². The molecule has 0 atom stereocenters. The first-order valence-corrected chi connectivity index (χ1v) is 6.78. The van der Waals surface area contributed by atoms with Gasteiger partial charge in [0.1, 0.15) is 5.41 Å². The number of allylic oxidation sites excluding steroid dienone is 3. The number of barbiturate groups is 1. The molecule has 0 unspecified atom stereocenters. The van der Waals surface area contributed by atoms with E-state index in [9.17, 15) is 14.4 Å². The van der Waals surface area contributed by atoms with Crippen LogP contribution >= 0.6 is 0 Å². The number of unbranched alkanes of at least 4 members (excludes halogenated alkanes) is 1. The number of carbonyl (C=O) groups excluding carboxylic acids is 3. The first kappa shape index (κ1) is 16.1. The van der Waals surface area contributed by atoms with E-state index in [2.05, 4.69) is 13.5 Å². The number of amides is 4. The summed E-state index contributed by atoms with van der Waals surface area (Å²) in [6.07, 6.45) is 7.78. The zero-order chi connectivity index (χ0) is 15.3. The highest BCUT2D eigenvalue weighted by Crippen LogP contribution is 2.36. The highest BCUT2D eigenvalue weighted by atomic mass is 16.2. The minimum atomic E-state index is -1.23. The molecule has 4 amide bonds. The number of nitrogens with zero attached hydrogens (tertiary/aromatic N) is 2. The molecule has 5 heteroatoms. The molecule has 1 heterocycles. The molecule has 1 aliphatic rings.